The molecule has 1 N–H and O–H groups in total. The number of aryl methyl sites for hydroxylation is 2. The van der Waals surface area contributed by atoms with Gasteiger partial charge in [0.15, 0.2) is 0 Å². The Morgan fingerprint density at radius 2 is 1.50 bits per heavy atom. The second-order valence-electron chi connectivity index (χ2n) is 7.94. The van der Waals surface area contributed by atoms with Crippen molar-refractivity contribution in [1.82, 2.24) is 0 Å². The van der Waals surface area contributed by atoms with Crippen LogP contribution in [0.3, 0.4) is 0 Å². The first-order valence-electron chi connectivity index (χ1n) is 10.3. The number of hydrogen-bond acceptors (Lipinski definition) is 2. The molecule has 0 heterocycles. The zero-order chi connectivity index (χ0) is 22.9. The normalized spacial score (nSPS) is 12.5. The largest absolute Gasteiger partial charge is 0.372 e. The molecule has 0 aliphatic carbocycles. The summed E-state index contributed by atoms with van der Waals surface area (Å²) in [5.41, 5.74) is 2.43. The van der Waals surface area contributed by atoms with Gasteiger partial charge in [-0.25, -0.2) is 4.39 Å². The van der Waals surface area contributed by atoms with Crippen LogP contribution in [-0.4, -0.2) is 11.7 Å². The third-order valence-electron chi connectivity index (χ3n) is 5.70. The van der Waals surface area contributed by atoms with Crippen molar-refractivity contribution >= 4 is 22.2 Å². The lowest BCUT2D eigenvalue weighted by molar-refractivity contribution is -0.00268. The standard InChI is InChI=1S/C27H22F3NO/c1-17-7-14-24(15-18(17)2)31-25(20-10-12-23(28)13-11-20)27(29,30)26(32)22-9-8-19-5-3-4-6-21(19)16-22/h3-16,25,31H,1-2H3/t25-/m0/s1. The number of Topliss-reactive ketones (excluding diaryl/α,β-unsaturated/α-hetero) is 1. The van der Waals surface area contributed by atoms with E-state index < -0.39 is 23.6 Å². The maximum atomic E-state index is 15.7. The fraction of sp³-hybridized carbons (Fsp3) is 0.148. The summed E-state index contributed by atoms with van der Waals surface area (Å²) in [6.07, 6.45) is 0. The quantitative estimate of drug-likeness (QED) is 0.324. The summed E-state index contributed by atoms with van der Waals surface area (Å²) >= 11 is 0. The number of halogens is 3. The van der Waals surface area contributed by atoms with Gasteiger partial charge in [0.1, 0.15) is 11.9 Å². The molecule has 1 atom stereocenters. The molecule has 0 bridgehead atoms. The average Bonchev–Trinajstić information content (AvgIpc) is 2.79. The highest BCUT2D eigenvalue weighted by Crippen LogP contribution is 2.38. The van der Waals surface area contributed by atoms with Crippen molar-refractivity contribution in [2.45, 2.75) is 25.8 Å². The van der Waals surface area contributed by atoms with Gasteiger partial charge in [0, 0.05) is 11.3 Å². The molecule has 162 valence electrons. The molecule has 4 rings (SSSR count). The minimum atomic E-state index is -3.79. The molecule has 0 saturated carbocycles. The Labute approximate surface area is 184 Å². The number of fused-ring (bicyclic) bond motifs is 1. The summed E-state index contributed by atoms with van der Waals surface area (Å²) in [5, 5.41) is 4.38. The highest BCUT2D eigenvalue weighted by molar-refractivity contribution is 6.04. The predicted molar refractivity (Wildman–Crippen MR) is 122 cm³/mol. The summed E-state index contributed by atoms with van der Waals surface area (Å²) in [4.78, 5) is 13.0. The van der Waals surface area contributed by atoms with E-state index in [1.54, 1.807) is 30.3 Å². The third kappa shape index (κ3) is 4.24. The van der Waals surface area contributed by atoms with Crippen LogP contribution in [0.1, 0.15) is 33.1 Å². The molecule has 2 nitrogen and oxygen atoms in total. The van der Waals surface area contributed by atoms with Gasteiger partial charge in [-0.05, 0) is 71.6 Å². The minimum absolute atomic E-state index is 0.0808. The Balaban J connectivity index is 1.75. The van der Waals surface area contributed by atoms with Crippen LogP contribution in [0, 0.1) is 19.7 Å². The van der Waals surface area contributed by atoms with Crippen molar-refractivity contribution < 1.29 is 18.0 Å². The SMILES string of the molecule is Cc1ccc(N[C@@H](c2ccc(F)cc2)C(F)(F)C(=O)c2ccc3ccccc3c2)cc1C. The number of anilines is 1. The third-order valence-corrected chi connectivity index (χ3v) is 5.70. The van der Waals surface area contributed by atoms with Crippen LogP contribution >= 0.6 is 0 Å². The second kappa shape index (κ2) is 8.50. The molecule has 0 aliphatic heterocycles. The fourth-order valence-electron chi connectivity index (χ4n) is 3.69. The van der Waals surface area contributed by atoms with Crippen molar-refractivity contribution in [1.29, 1.82) is 0 Å². The molecule has 0 unspecified atom stereocenters. The van der Waals surface area contributed by atoms with Gasteiger partial charge >= 0.3 is 5.92 Å². The van der Waals surface area contributed by atoms with Gasteiger partial charge in [-0.15, -0.1) is 0 Å². The smallest absolute Gasteiger partial charge is 0.333 e. The second-order valence-corrected chi connectivity index (χ2v) is 7.94. The maximum absolute atomic E-state index is 15.7. The first-order valence-corrected chi connectivity index (χ1v) is 10.3. The predicted octanol–water partition coefficient (Wildman–Crippen LogP) is 7.27. The van der Waals surface area contributed by atoms with Crippen molar-refractivity contribution in [3.05, 3.63) is 113 Å². The van der Waals surface area contributed by atoms with Gasteiger partial charge in [0.05, 0.1) is 0 Å². The van der Waals surface area contributed by atoms with E-state index in [9.17, 15) is 9.18 Å². The number of benzene rings is 4. The van der Waals surface area contributed by atoms with E-state index in [0.717, 1.165) is 28.6 Å². The van der Waals surface area contributed by atoms with Crippen LogP contribution in [0.25, 0.3) is 10.8 Å². The summed E-state index contributed by atoms with van der Waals surface area (Å²) < 4.78 is 44.9. The van der Waals surface area contributed by atoms with Crippen molar-refractivity contribution in [3.63, 3.8) is 0 Å². The highest BCUT2D eigenvalue weighted by Gasteiger charge is 2.48. The van der Waals surface area contributed by atoms with E-state index in [4.69, 9.17) is 0 Å². The molecule has 0 saturated heterocycles. The fourth-order valence-corrected chi connectivity index (χ4v) is 3.69. The van der Waals surface area contributed by atoms with Crippen LogP contribution in [0.2, 0.25) is 0 Å². The van der Waals surface area contributed by atoms with Gasteiger partial charge < -0.3 is 5.32 Å². The van der Waals surface area contributed by atoms with E-state index in [1.807, 2.05) is 32.0 Å². The van der Waals surface area contributed by atoms with Gasteiger partial charge in [0.25, 0.3) is 0 Å². The lowest BCUT2D eigenvalue weighted by Gasteiger charge is -2.28. The van der Waals surface area contributed by atoms with Gasteiger partial charge in [-0.3, -0.25) is 4.79 Å². The summed E-state index contributed by atoms with van der Waals surface area (Å²) in [6, 6.07) is 20.2. The minimum Gasteiger partial charge on any atom is -0.372 e. The molecule has 4 aromatic carbocycles. The monoisotopic (exact) mass is 433 g/mol. The van der Waals surface area contributed by atoms with E-state index in [0.29, 0.717) is 11.1 Å². The molecular weight excluding hydrogens is 411 g/mol. The zero-order valence-corrected chi connectivity index (χ0v) is 17.7. The van der Waals surface area contributed by atoms with Crippen LogP contribution < -0.4 is 5.32 Å². The number of alkyl halides is 2. The van der Waals surface area contributed by atoms with E-state index in [1.165, 1.54) is 24.3 Å². The molecule has 0 aromatic heterocycles. The Morgan fingerprint density at radius 1 is 0.812 bits per heavy atom. The van der Waals surface area contributed by atoms with E-state index >= 15 is 8.78 Å². The Kier molecular flexibility index (Phi) is 5.74. The van der Waals surface area contributed by atoms with Gasteiger partial charge in [0.2, 0.25) is 5.78 Å². The first-order chi connectivity index (χ1) is 15.3. The van der Waals surface area contributed by atoms with E-state index in [-0.39, 0.29) is 11.1 Å². The zero-order valence-electron chi connectivity index (χ0n) is 17.7. The summed E-state index contributed by atoms with van der Waals surface area (Å²) in [5.74, 6) is -5.63. The molecule has 0 amide bonds. The van der Waals surface area contributed by atoms with Crippen molar-refractivity contribution in [2.24, 2.45) is 0 Å². The van der Waals surface area contributed by atoms with Gasteiger partial charge in [-0.2, -0.15) is 8.78 Å². The Hall–Kier alpha value is -3.60. The molecular formula is C27H22F3NO. The van der Waals surface area contributed by atoms with Crippen LogP contribution in [0.4, 0.5) is 18.9 Å². The molecule has 5 heteroatoms. The first kappa shape index (κ1) is 21.6. The van der Waals surface area contributed by atoms with Crippen LogP contribution in [-0.2, 0) is 0 Å². The number of carbonyl (C=O) groups is 1. The number of nitrogens with one attached hydrogen (secondary N) is 1. The lowest BCUT2D eigenvalue weighted by atomic mass is 9.92. The maximum Gasteiger partial charge on any atom is 0.333 e. The molecule has 0 fully saturated rings. The van der Waals surface area contributed by atoms with E-state index in [2.05, 4.69) is 5.32 Å². The topological polar surface area (TPSA) is 29.1 Å². The molecule has 0 aliphatic rings. The highest BCUT2D eigenvalue weighted by atomic mass is 19.3. The molecule has 4 aromatic rings. The van der Waals surface area contributed by atoms with Crippen molar-refractivity contribution in [2.75, 3.05) is 5.32 Å². The molecule has 32 heavy (non-hydrogen) atoms. The number of carbonyl (C=O) groups excluding carboxylic acids is 1. The molecule has 0 radical (unpaired) electrons. The van der Waals surface area contributed by atoms with Crippen LogP contribution in [0.15, 0.2) is 84.9 Å². The van der Waals surface area contributed by atoms with Crippen molar-refractivity contribution in [3.8, 4) is 0 Å². The molecule has 0 spiro atoms. The number of rotatable bonds is 6. The lowest BCUT2D eigenvalue weighted by Crippen LogP contribution is -2.40. The Bertz CT molecular complexity index is 1280. The van der Waals surface area contributed by atoms with Gasteiger partial charge in [-0.1, -0.05) is 54.6 Å². The average molecular weight is 433 g/mol. The summed E-state index contributed by atoms with van der Waals surface area (Å²) in [6.45, 7) is 3.81. The number of hydrogen-bond donors (Lipinski definition) is 1. The summed E-state index contributed by atoms with van der Waals surface area (Å²) in [7, 11) is 0. The van der Waals surface area contributed by atoms with Crippen LogP contribution in [0.5, 0.6) is 0 Å². The number of ketones is 1. The Morgan fingerprint density at radius 3 is 2.19 bits per heavy atom.